The van der Waals surface area contributed by atoms with Crippen LogP contribution >= 0.6 is 0 Å². The highest BCUT2D eigenvalue weighted by atomic mass is 13.7. The highest BCUT2D eigenvalue weighted by molar-refractivity contribution is 5.07. The largest absolute Gasteiger partial charge is 0.0848 e. The lowest BCUT2D eigenvalue weighted by atomic mass is 10.3. The van der Waals surface area contributed by atoms with E-state index >= 15 is 0 Å². The molecule has 0 saturated carbocycles. The van der Waals surface area contributed by atoms with Gasteiger partial charge in [-0.1, -0.05) is 30.7 Å². The molecule has 0 atom stereocenters. The molecule has 0 N–H and O–H groups in total. The minimum atomic E-state index is 1.13. The lowest BCUT2D eigenvalue weighted by Crippen LogP contribution is -1.58. The Morgan fingerprint density at radius 2 is 2.00 bits per heavy atom. The van der Waals surface area contributed by atoms with Gasteiger partial charge in [-0.15, -0.1) is 0 Å². The standard InChI is InChI=1S/C8H14/c1-4-5-6-7-8(2)3/h5-7H,4H2,1-3H3/b6-5-. The molecule has 0 aliphatic rings. The fraction of sp³-hybridized carbons (Fsp3) is 0.500. The summed E-state index contributed by atoms with van der Waals surface area (Å²) in [6.07, 6.45) is 7.48. The molecule has 0 bridgehead atoms. The van der Waals surface area contributed by atoms with Crippen molar-refractivity contribution in [1.29, 1.82) is 0 Å². The fourth-order valence-electron chi connectivity index (χ4n) is 0.397. The van der Waals surface area contributed by atoms with E-state index in [2.05, 4.69) is 39.0 Å². The maximum Gasteiger partial charge on any atom is -0.0376 e. The second-order valence-electron chi connectivity index (χ2n) is 2.08. The van der Waals surface area contributed by atoms with Crippen molar-refractivity contribution in [2.75, 3.05) is 0 Å². The van der Waals surface area contributed by atoms with Crippen molar-refractivity contribution >= 4 is 0 Å². The number of rotatable bonds is 2. The lowest BCUT2D eigenvalue weighted by molar-refractivity contribution is 1.22. The van der Waals surface area contributed by atoms with Gasteiger partial charge in [0.05, 0.1) is 0 Å². The van der Waals surface area contributed by atoms with Gasteiger partial charge in [0.25, 0.3) is 0 Å². The predicted octanol–water partition coefficient (Wildman–Crippen LogP) is 2.92. The van der Waals surface area contributed by atoms with E-state index in [4.69, 9.17) is 0 Å². The Hall–Kier alpha value is -0.520. The normalized spacial score (nSPS) is 9.88. The van der Waals surface area contributed by atoms with E-state index in [-0.39, 0.29) is 0 Å². The quantitative estimate of drug-likeness (QED) is 0.479. The van der Waals surface area contributed by atoms with Crippen LogP contribution in [0.15, 0.2) is 23.8 Å². The molecule has 0 radical (unpaired) electrons. The van der Waals surface area contributed by atoms with Gasteiger partial charge < -0.3 is 0 Å². The van der Waals surface area contributed by atoms with Gasteiger partial charge in [-0.3, -0.25) is 0 Å². The first-order valence-electron chi connectivity index (χ1n) is 3.07. The van der Waals surface area contributed by atoms with Crippen LogP contribution in [0.4, 0.5) is 0 Å². The molecule has 0 aliphatic carbocycles. The smallest absolute Gasteiger partial charge is 0.0376 e. The van der Waals surface area contributed by atoms with Crippen molar-refractivity contribution in [1.82, 2.24) is 0 Å². The minimum Gasteiger partial charge on any atom is -0.0848 e. The highest BCUT2D eigenvalue weighted by Crippen LogP contribution is 1.89. The van der Waals surface area contributed by atoms with Gasteiger partial charge in [-0.2, -0.15) is 0 Å². The third-order valence-corrected chi connectivity index (χ3v) is 0.801. The topological polar surface area (TPSA) is 0 Å². The molecule has 0 aliphatic heterocycles. The van der Waals surface area contributed by atoms with E-state index in [0.717, 1.165) is 6.42 Å². The molecule has 0 fully saturated rings. The van der Waals surface area contributed by atoms with Crippen LogP contribution in [0.25, 0.3) is 0 Å². The summed E-state index contributed by atoms with van der Waals surface area (Å²) >= 11 is 0. The lowest BCUT2D eigenvalue weighted by Gasteiger charge is -1.80. The number of hydrogen-bond acceptors (Lipinski definition) is 0. The molecule has 0 heterocycles. The fourth-order valence-corrected chi connectivity index (χ4v) is 0.397. The predicted molar refractivity (Wildman–Crippen MR) is 38.9 cm³/mol. The van der Waals surface area contributed by atoms with Crippen LogP contribution in [0.1, 0.15) is 27.2 Å². The molecule has 0 aromatic heterocycles. The second-order valence-corrected chi connectivity index (χ2v) is 2.08. The summed E-state index contributed by atoms with van der Waals surface area (Å²) in [4.78, 5) is 0. The monoisotopic (exact) mass is 110 g/mol. The first-order chi connectivity index (χ1) is 3.77. The average molecular weight is 110 g/mol. The number of allylic oxidation sites excluding steroid dienone is 4. The molecule has 0 rings (SSSR count). The second kappa shape index (κ2) is 4.63. The summed E-state index contributed by atoms with van der Waals surface area (Å²) in [5.74, 6) is 0. The Balaban J connectivity index is 3.42. The van der Waals surface area contributed by atoms with E-state index in [9.17, 15) is 0 Å². The van der Waals surface area contributed by atoms with E-state index in [0.29, 0.717) is 0 Å². The van der Waals surface area contributed by atoms with Crippen molar-refractivity contribution in [3.8, 4) is 0 Å². The molecule has 0 amide bonds. The molecule has 0 saturated heterocycles. The average Bonchev–Trinajstić information content (AvgIpc) is 1.66. The molecular weight excluding hydrogens is 96.1 g/mol. The summed E-state index contributed by atoms with van der Waals surface area (Å²) in [6, 6.07) is 0. The van der Waals surface area contributed by atoms with Gasteiger partial charge in [0.15, 0.2) is 0 Å². The SMILES string of the molecule is CC/C=C\C=C(C)C. The van der Waals surface area contributed by atoms with E-state index in [1.807, 2.05) is 0 Å². The molecule has 0 aromatic rings. The van der Waals surface area contributed by atoms with Gasteiger partial charge >= 0.3 is 0 Å². The van der Waals surface area contributed by atoms with Crippen molar-refractivity contribution in [3.63, 3.8) is 0 Å². The molecule has 46 valence electrons. The van der Waals surface area contributed by atoms with Gasteiger partial charge in [0, 0.05) is 0 Å². The highest BCUT2D eigenvalue weighted by Gasteiger charge is 1.67. The summed E-state index contributed by atoms with van der Waals surface area (Å²) in [6.45, 7) is 6.33. The Morgan fingerprint density at radius 3 is 2.38 bits per heavy atom. The van der Waals surface area contributed by atoms with Gasteiger partial charge in [0.1, 0.15) is 0 Å². The third kappa shape index (κ3) is 5.48. The zero-order chi connectivity index (χ0) is 6.41. The summed E-state index contributed by atoms with van der Waals surface area (Å²) in [7, 11) is 0. The maximum absolute atomic E-state index is 2.15. The van der Waals surface area contributed by atoms with Crippen LogP contribution in [-0.2, 0) is 0 Å². The first-order valence-corrected chi connectivity index (χ1v) is 3.07. The van der Waals surface area contributed by atoms with Crippen LogP contribution in [0.2, 0.25) is 0 Å². The zero-order valence-corrected chi connectivity index (χ0v) is 5.94. The van der Waals surface area contributed by atoms with E-state index in [1.165, 1.54) is 5.57 Å². The van der Waals surface area contributed by atoms with Crippen molar-refractivity contribution in [3.05, 3.63) is 23.8 Å². The van der Waals surface area contributed by atoms with Crippen molar-refractivity contribution in [2.24, 2.45) is 0 Å². The van der Waals surface area contributed by atoms with Crippen LogP contribution in [-0.4, -0.2) is 0 Å². The molecule has 8 heavy (non-hydrogen) atoms. The van der Waals surface area contributed by atoms with Crippen LogP contribution < -0.4 is 0 Å². The molecular formula is C8H14. The number of hydrogen-bond donors (Lipinski definition) is 0. The Labute approximate surface area is 51.9 Å². The Morgan fingerprint density at radius 1 is 1.38 bits per heavy atom. The molecule has 0 heteroatoms. The minimum absolute atomic E-state index is 1.13. The van der Waals surface area contributed by atoms with Crippen LogP contribution in [0.3, 0.4) is 0 Å². The van der Waals surface area contributed by atoms with Crippen LogP contribution in [0, 0.1) is 0 Å². The zero-order valence-electron chi connectivity index (χ0n) is 5.94. The Bertz CT molecular complexity index is 92.6. The molecule has 0 spiro atoms. The Kier molecular flexibility index (Phi) is 4.33. The first kappa shape index (κ1) is 7.48. The van der Waals surface area contributed by atoms with Crippen molar-refractivity contribution < 1.29 is 0 Å². The summed E-state index contributed by atoms with van der Waals surface area (Å²) in [5, 5.41) is 0. The molecule has 0 aromatic carbocycles. The summed E-state index contributed by atoms with van der Waals surface area (Å²) in [5.41, 5.74) is 1.36. The summed E-state index contributed by atoms with van der Waals surface area (Å²) < 4.78 is 0. The van der Waals surface area contributed by atoms with Crippen LogP contribution in [0.5, 0.6) is 0 Å². The molecule has 0 nitrogen and oxygen atoms in total. The van der Waals surface area contributed by atoms with E-state index < -0.39 is 0 Å². The van der Waals surface area contributed by atoms with Gasteiger partial charge in [-0.05, 0) is 20.3 Å². The third-order valence-electron chi connectivity index (χ3n) is 0.801. The van der Waals surface area contributed by atoms with E-state index in [1.54, 1.807) is 0 Å². The van der Waals surface area contributed by atoms with Gasteiger partial charge in [-0.25, -0.2) is 0 Å². The molecule has 0 unspecified atom stereocenters. The van der Waals surface area contributed by atoms with Gasteiger partial charge in [0.2, 0.25) is 0 Å². The maximum atomic E-state index is 2.15. The van der Waals surface area contributed by atoms with Crippen molar-refractivity contribution in [2.45, 2.75) is 27.2 Å².